The standard InChI is InChI=1S/C34H45N7O5S/c1-3-4-11-29-37-32-33(27-9-5-6-10-28(27)36-34(32)35)41(29)19-8-17-39(23-26-14-12-25(13-15-26)22-31(43)44)30(42)24-38-16-7-18-40(21-20-38)47(2,45)46/h5-6,9-10,12-15H,3-4,7-8,11,16-24H2,1-2H3,(H2,35,36)(H,43,44). The van der Waals surface area contributed by atoms with Crippen LogP contribution in [-0.4, -0.2) is 99.6 Å². The monoisotopic (exact) mass is 663 g/mol. The molecule has 1 aliphatic heterocycles. The van der Waals surface area contributed by atoms with E-state index in [0.717, 1.165) is 47.1 Å². The number of anilines is 1. The van der Waals surface area contributed by atoms with E-state index in [0.29, 0.717) is 75.6 Å². The highest BCUT2D eigenvalue weighted by molar-refractivity contribution is 7.88. The second kappa shape index (κ2) is 15.2. The Kier molecular flexibility index (Phi) is 11.1. The minimum absolute atomic E-state index is 0.0343. The molecular weight excluding hydrogens is 618 g/mol. The zero-order valence-corrected chi connectivity index (χ0v) is 28.1. The first-order valence-corrected chi connectivity index (χ1v) is 18.2. The SMILES string of the molecule is CCCCc1nc2c(N)nc3ccccc3c2n1CCCN(Cc1ccc(CC(=O)O)cc1)C(=O)CN1CCCN(S(C)(=O)=O)CC1. The second-order valence-corrected chi connectivity index (χ2v) is 14.3. The number of carboxylic acid groups (broad SMARTS) is 1. The van der Waals surface area contributed by atoms with Gasteiger partial charge in [-0.2, -0.15) is 0 Å². The van der Waals surface area contributed by atoms with E-state index in [9.17, 15) is 18.0 Å². The van der Waals surface area contributed by atoms with Crippen molar-refractivity contribution in [2.45, 2.75) is 58.5 Å². The summed E-state index contributed by atoms with van der Waals surface area (Å²) in [6, 6.07) is 15.3. The summed E-state index contributed by atoms with van der Waals surface area (Å²) >= 11 is 0. The number of benzene rings is 2. The Labute approximate surface area is 276 Å². The topological polar surface area (TPSA) is 155 Å². The molecule has 0 saturated carbocycles. The van der Waals surface area contributed by atoms with Gasteiger partial charge in [-0.1, -0.05) is 55.8 Å². The average Bonchev–Trinajstić information content (AvgIpc) is 3.22. The number of fused-ring (bicyclic) bond motifs is 3. The summed E-state index contributed by atoms with van der Waals surface area (Å²) in [6.45, 7) is 5.78. The Morgan fingerprint density at radius 3 is 2.45 bits per heavy atom. The molecule has 0 unspecified atom stereocenters. The number of aromatic nitrogens is 3. The Morgan fingerprint density at radius 1 is 0.979 bits per heavy atom. The van der Waals surface area contributed by atoms with Crippen molar-refractivity contribution in [1.82, 2.24) is 28.6 Å². The number of sulfonamides is 1. The molecule has 2 aromatic carbocycles. The van der Waals surface area contributed by atoms with Crippen LogP contribution in [-0.2, 0) is 45.5 Å². The number of aliphatic carboxylic acids is 1. The van der Waals surface area contributed by atoms with E-state index < -0.39 is 16.0 Å². The van der Waals surface area contributed by atoms with Gasteiger partial charge in [0.05, 0.1) is 30.3 Å². The Bertz CT molecular complexity index is 1820. The Morgan fingerprint density at radius 2 is 1.72 bits per heavy atom. The number of pyridine rings is 1. The van der Waals surface area contributed by atoms with Crippen LogP contribution in [0.4, 0.5) is 5.82 Å². The van der Waals surface area contributed by atoms with E-state index in [-0.39, 0.29) is 18.9 Å². The van der Waals surface area contributed by atoms with Crippen molar-refractivity contribution >= 4 is 49.7 Å². The zero-order valence-electron chi connectivity index (χ0n) is 27.3. The van der Waals surface area contributed by atoms with Gasteiger partial charge in [-0.3, -0.25) is 14.5 Å². The van der Waals surface area contributed by atoms with Crippen molar-refractivity contribution in [2.75, 3.05) is 51.3 Å². The van der Waals surface area contributed by atoms with Crippen LogP contribution in [0.3, 0.4) is 0 Å². The highest BCUT2D eigenvalue weighted by Gasteiger charge is 2.25. The summed E-state index contributed by atoms with van der Waals surface area (Å²) in [7, 11) is -3.29. The molecular formula is C34H45N7O5S. The normalized spacial score (nSPS) is 14.9. The molecule has 0 aliphatic carbocycles. The molecule has 3 heterocycles. The molecule has 47 heavy (non-hydrogen) atoms. The van der Waals surface area contributed by atoms with Gasteiger partial charge in [0.25, 0.3) is 0 Å². The first kappa shape index (κ1) is 34.3. The van der Waals surface area contributed by atoms with E-state index in [4.69, 9.17) is 15.8 Å². The van der Waals surface area contributed by atoms with E-state index in [2.05, 4.69) is 16.5 Å². The minimum Gasteiger partial charge on any atom is -0.481 e. The van der Waals surface area contributed by atoms with Gasteiger partial charge < -0.3 is 20.3 Å². The van der Waals surface area contributed by atoms with Gasteiger partial charge in [0.1, 0.15) is 11.3 Å². The Balaban J connectivity index is 1.37. The van der Waals surface area contributed by atoms with E-state index in [1.54, 1.807) is 12.1 Å². The fourth-order valence-corrected chi connectivity index (χ4v) is 7.14. The molecule has 0 atom stereocenters. The number of nitrogens with two attached hydrogens (primary N) is 1. The summed E-state index contributed by atoms with van der Waals surface area (Å²) < 4.78 is 27.9. The number of imidazole rings is 1. The van der Waals surface area contributed by atoms with Crippen molar-refractivity contribution < 1.29 is 23.1 Å². The highest BCUT2D eigenvalue weighted by Crippen LogP contribution is 2.29. The third kappa shape index (κ3) is 8.65. The van der Waals surface area contributed by atoms with Crippen molar-refractivity contribution in [2.24, 2.45) is 0 Å². The van der Waals surface area contributed by atoms with Gasteiger partial charge in [-0.15, -0.1) is 0 Å². The molecule has 0 bridgehead atoms. The number of unbranched alkanes of at least 4 members (excludes halogenated alkanes) is 1. The summed E-state index contributed by atoms with van der Waals surface area (Å²) in [6.07, 6.45) is 5.33. The molecule has 5 rings (SSSR count). The van der Waals surface area contributed by atoms with Gasteiger partial charge >= 0.3 is 5.97 Å². The van der Waals surface area contributed by atoms with Crippen molar-refractivity contribution in [1.29, 1.82) is 0 Å². The smallest absolute Gasteiger partial charge is 0.307 e. The first-order chi connectivity index (χ1) is 22.5. The fourth-order valence-electron chi connectivity index (χ4n) is 6.27. The molecule has 0 spiro atoms. The Hall–Kier alpha value is -4.07. The molecule has 1 aliphatic rings. The molecule has 13 heteroatoms. The first-order valence-electron chi connectivity index (χ1n) is 16.3. The molecule has 1 saturated heterocycles. The predicted molar refractivity (Wildman–Crippen MR) is 183 cm³/mol. The third-order valence-electron chi connectivity index (χ3n) is 8.73. The maximum atomic E-state index is 13.9. The molecule has 3 N–H and O–H groups in total. The molecule has 0 radical (unpaired) electrons. The van der Waals surface area contributed by atoms with Crippen LogP contribution in [0.2, 0.25) is 0 Å². The summed E-state index contributed by atoms with van der Waals surface area (Å²) in [4.78, 5) is 38.5. The number of aryl methyl sites for hydroxylation is 2. The number of para-hydroxylation sites is 1. The van der Waals surface area contributed by atoms with Crippen molar-refractivity contribution in [3.8, 4) is 0 Å². The van der Waals surface area contributed by atoms with Crippen LogP contribution >= 0.6 is 0 Å². The van der Waals surface area contributed by atoms with Gasteiger partial charge in [0, 0.05) is 51.1 Å². The molecule has 1 fully saturated rings. The largest absolute Gasteiger partial charge is 0.481 e. The van der Waals surface area contributed by atoms with Crippen LogP contribution in [0.1, 0.15) is 49.6 Å². The number of hydrogen-bond donors (Lipinski definition) is 2. The number of carboxylic acids is 1. The van der Waals surface area contributed by atoms with Crippen molar-refractivity contribution in [3.05, 3.63) is 65.5 Å². The number of nitrogen functional groups attached to an aromatic ring is 1. The average molecular weight is 664 g/mol. The van der Waals surface area contributed by atoms with Crippen LogP contribution in [0.5, 0.6) is 0 Å². The van der Waals surface area contributed by atoms with Crippen LogP contribution in [0, 0.1) is 0 Å². The summed E-state index contributed by atoms with van der Waals surface area (Å²) in [5, 5.41) is 10.2. The third-order valence-corrected chi connectivity index (χ3v) is 10.0. The van der Waals surface area contributed by atoms with Gasteiger partial charge in [-0.25, -0.2) is 22.7 Å². The van der Waals surface area contributed by atoms with E-state index >= 15 is 0 Å². The zero-order chi connectivity index (χ0) is 33.6. The number of carbonyl (C=O) groups is 2. The molecule has 252 valence electrons. The van der Waals surface area contributed by atoms with E-state index in [1.165, 1.54) is 10.6 Å². The fraction of sp³-hybridized carbons (Fsp3) is 0.471. The quantitative estimate of drug-likeness (QED) is 0.206. The maximum absolute atomic E-state index is 13.9. The van der Waals surface area contributed by atoms with Crippen LogP contribution in [0.25, 0.3) is 21.9 Å². The molecule has 12 nitrogen and oxygen atoms in total. The lowest BCUT2D eigenvalue weighted by molar-refractivity contribution is -0.136. The lowest BCUT2D eigenvalue weighted by Crippen LogP contribution is -2.42. The van der Waals surface area contributed by atoms with E-state index in [1.807, 2.05) is 46.2 Å². The second-order valence-electron chi connectivity index (χ2n) is 12.3. The van der Waals surface area contributed by atoms with Gasteiger partial charge in [-0.05, 0) is 43.0 Å². The van der Waals surface area contributed by atoms with Crippen LogP contribution in [0.15, 0.2) is 48.5 Å². The van der Waals surface area contributed by atoms with Crippen LogP contribution < -0.4 is 5.73 Å². The highest BCUT2D eigenvalue weighted by atomic mass is 32.2. The number of carbonyl (C=O) groups excluding carboxylic acids is 1. The van der Waals surface area contributed by atoms with Crippen molar-refractivity contribution in [3.63, 3.8) is 0 Å². The lowest BCUT2D eigenvalue weighted by Gasteiger charge is -2.27. The number of nitrogens with zero attached hydrogens (tertiary/aromatic N) is 6. The molecule has 2 aromatic heterocycles. The minimum atomic E-state index is -3.29. The summed E-state index contributed by atoms with van der Waals surface area (Å²) in [5.41, 5.74) is 10.5. The maximum Gasteiger partial charge on any atom is 0.307 e. The number of hydrogen-bond acceptors (Lipinski definition) is 8. The lowest BCUT2D eigenvalue weighted by atomic mass is 10.1. The number of rotatable bonds is 14. The van der Waals surface area contributed by atoms with Gasteiger partial charge in [0.2, 0.25) is 15.9 Å². The van der Waals surface area contributed by atoms with Gasteiger partial charge in [0.15, 0.2) is 5.82 Å². The number of amides is 1. The predicted octanol–water partition coefficient (Wildman–Crippen LogP) is 3.52. The molecule has 4 aromatic rings. The molecule has 1 amide bonds. The summed E-state index contributed by atoms with van der Waals surface area (Å²) in [5.74, 6) is 0.439.